The zero-order valence-corrected chi connectivity index (χ0v) is 12.4. The molecule has 0 spiro atoms. The van der Waals surface area contributed by atoms with Crippen LogP contribution in [-0.2, 0) is 4.79 Å². The van der Waals surface area contributed by atoms with Gasteiger partial charge in [0.2, 0.25) is 12.7 Å². The van der Waals surface area contributed by atoms with Crippen LogP contribution in [0.4, 0.5) is 10.1 Å². The van der Waals surface area contributed by atoms with Gasteiger partial charge in [0.1, 0.15) is 11.6 Å². The maximum Gasteiger partial charge on any atom is 0.231 e. The van der Waals surface area contributed by atoms with Crippen molar-refractivity contribution in [1.82, 2.24) is 0 Å². The first kappa shape index (κ1) is 13.9. The zero-order valence-electron chi connectivity index (χ0n) is 12.4. The highest BCUT2D eigenvalue weighted by atomic mass is 19.1. The van der Waals surface area contributed by atoms with Crippen molar-refractivity contribution in [2.24, 2.45) is 0 Å². The number of halogens is 1. The summed E-state index contributed by atoms with van der Waals surface area (Å²) in [5, 5.41) is 2.81. The van der Waals surface area contributed by atoms with Gasteiger partial charge in [0, 0.05) is 24.1 Å². The van der Waals surface area contributed by atoms with Crippen LogP contribution in [0.25, 0.3) is 0 Å². The number of rotatable bonds is 2. The van der Waals surface area contributed by atoms with E-state index in [1.165, 1.54) is 13.2 Å². The van der Waals surface area contributed by atoms with Crippen molar-refractivity contribution in [3.63, 3.8) is 0 Å². The Kier molecular flexibility index (Phi) is 3.11. The number of methoxy groups -OCH3 is 1. The molecule has 2 aliphatic rings. The number of ether oxygens (including phenoxy) is 3. The predicted octanol–water partition coefficient (Wildman–Crippen LogP) is 3.04. The molecule has 0 radical (unpaired) electrons. The molecule has 6 heteroatoms. The second-order valence-electron chi connectivity index (χ2n) is 5.49. The van der Waals surface area contributed by atoms with Crippen molar-refractivity contribution in [1.29, 1.82) is 0 Å². The molecule has 0 saturated heterocycles. The fourth-order valence-electron chi connectivity index (χ4n) is 3.04. The van der Waals surface area contributed by atoms with Crippen molar-refractivity contribution < 1.29 is 23.4 Å². The molecule has 2 aliphatic heterocycles. The molecule has 1 unspecified atom stereocenters. The van der Waals surface area contributed by atoms with E-state index in [-0.39, 0.29) is 24.9 Å². The van der Waals surface area contributed by atoms with Crippen molar-refractivity contribution in [3.05, 3.63) is 47.3 Å². The van der Waals surface area contributed by atoms with Gasteiger partial charge in [-0.15, -0.1) is 0 Å². The average Bonchev–Trinajstić information content (AvgIpc) is 3.00. The molecule has 5 nitrogen and oxygen atoms in total. The topological polar surface area (TPSA) is 56.8 Å². The van der Waals surface area contributed by atoms with Gasteiger partial charge in [0.05, 0.1) is 7.11 Å². The summed E-state index contributed by atoms with van der Waals surface area (Å²) in [6.07, 6.45) is 0.163. The third-order valence-electron chi connectivity index (χ3n) is 4.16. The lowest BCUT2D eigenvalue weighted by molar-refractivity contribution is -0.116. The third-order valence-corrected chi connectivity index (χ3v) is 4.16. The molecule has 0 bridgehead atoms. The number of amides is 1. The lowest BCUT2D eigenvalue weighted by Crippen LogP contribution is -2.24. The predicted molar refractivity (Wildman–Crippen MR) is 80.6 cm³/mol. The van der Waals surface area contributed by atoms with Gasteiger partial charge in [-0.25, -0.2) is 4.39 Å². The lowest BCUT2D eigenvalue weighted by Gasteiger charge is -2.26. The second-order valence-corrected chi connectivity index (χ2v) is 5.49. The van der Waals surface area contributed by atoms with Crippen LogP contribution < -0.4 is 19.5 Å². The van der Waals surface area contributed by atoms with E-state index in [0.717, 1.165) is 5.56 Å². The van der Waals surface area contributed by atoms with Gasteiger partial charge in [0.25, 0.3) is 0 Å². The van der Waals surface area contributed by atoms with Crippen LogP contribution in [0.1, 0.15) is 23.5 Å². The number of hydrogen-bond acceptors (Lipinski definition) is 4. The summed E-state index contributed by atoms with van der Waals surface area (Å²) in [6, 6.07) is 8.07. The standard InChI is InChI=1S/C17H14FNO4/c1-21-9-2-3-13(18)11(4-9)10-6-17(20)19-14-7-16-15(5-12(10)14)22-8-23-16/h2-5,7,10H,6,8H2,1H3,(H,19,20). The fraction of sp³-hybridized carbons (Fsp3) is 0.235. The van der Waals surface area contributed by atoms with Gasteiger partial charge in [-0.2, -0.15) is 0 Å². The number of carbonyl (C=O) groups excluding carboxylic acids is 1. The second kappa shape index (κ2) is 5.15. The zero-order chi connectivity index (χ0) is 16.0. The fourth-order valence-corrected chi connectivity index (χ4v) is 3.04. The SMILES string of the molecule is COc1ccc(F)c(C2CC(=O)Nc3cc4c(cc32)OCO4)c1. The molecule has 0 aliphatic carbocycles. The molecule has 0 aromatic heterocycles. The minimum absolute atomic E-state index is 0.143. The summed E-state index contributed by atoms with van der Waals surface area (Å²) >= 11 is 0. The largest absolute Gasteiger partial charge is 0.497 e. The first-order chi connectivity index (χ1) is 11.2. The monoisotopic (exact) mass is 315 g/mol. The Morgan fingerprint density at radius 3 is 2.74 bits per heavy atom. The Morgan fingerprint density at radius 1 is 1.17 bits per heavy atom. The Morgan fingerprint density at radius 2 is 1.96 bits per heavy atom. The van der Waals surface area contributed by atoms with Gasteiger partial charge in [-0.1, -0.05) is 0 Å². The van der Waals surface area contributed by atoms with Crippen molar-refractivity contribution in [2.45, 2.75) is 12.3 Å². The number of carbonyl (C=O) groups is 1. The quantitative estimate of drug-likeness (QED) is 0.925. The molecular formula is C17H14FNO4. The number of anilines is 1. The summed E-state index contributed by atoms with van der Waals surface area (Å²) in [6.45, 7) is 0.143. The van der Waals surface area contributed by atoms with Crippen LogP contribution >= 0.6 is 0 Å². The van der Waals surface area contributed by atoms with E-state index in [2.05, 4.69) is 5.32 Å². The van der Waals surface area contributed by atoms with E-state index in [9.17, 15) is 9.18 Å². The minimum Gasteiger partial charge on any atom is -0.497 e. The molecule has 1 amide bonds. The first-order valence-corrected chi connectivity index (χ1v) is 7.22. The Bertz CT molecular complexity index is 805. The summed E-state index contributed by atoms with van der Waals surface area (Å²) in [5.74, 6) is 0.805. The minimum atomic E-state index is -0.400. The normalized spacial score (nSPS) is 18.3. The highest BCUT2D eigenvalue weighted by molar-refractivity contribution is 5.96. The van der Waals surface area contributed by atoms with Gasteiger partial charge < -0.3 is 19.5 Å². The maximum atomic E-state index is 14.3. The number of hydrogen-bond donors (Lipinski definition) is 1. The molecule has 23 heavy (non-hydrogen) atoms. The first-order valence-electron chi connectivity index (χ1n) is 7.22. The van der Waals surface area contributed by atoms with Gasteiger partial charge >= 0.3 is 0 Å². The van der Waals surface area contributed by atoms with Crippen molar-refractivity contribution in [3.8, 4) is 17.2 Å². The summed E-state index contributed by atoms with van der Waals surface area (Å²) in [4.78, 5) is 12.0. The molecule has 2 heterocycles. The molecule has 1 N–H and O–H groups in total. The van der Waals surface area contributed by atoms with E-state index < -0.39 is 5.92 Å². The highest BCUT2D eigenvalue weighted by Gasteiger charge is 2.31. The molecule has 0 saturated carbocycles. The van der Waals surface area contributed by atoms with E-state index >= 15 is 0 Å². The summed E-state index contributed by atoms with van der Waals surface area (Å²) in [5.41, 5.74) is 1.86. The molecule has 2 aromatic rings. The van der Waals surface area contributed by atoms with Crippen LogP contribution in [0.15, 0.2) is 30.3 Å². The smallest absolute Gasteiger partial charge is 0.231 e. The highest BCUT2D eigenvalue weighted by Crippen LogP contribution is 2.45. The van der Waals surface area contributed by atoms with Crippen molar-refractivity contribution >= 4 is 11.6 Å². The molecule has 2 aromatic carbocycles. The average molecular weight is 315 g/mol. The summed E-state index contributed by atoms with van der Waals surface area (Å²) in [7, 11) is 1.52. The number of fused-ring (bicyclic) bond motifs is 2. The molecule has 4 rings (SSSR count). The van der Waals surface area contributed by atoms with Crippen molar-refractivity contribution in [2.75, 3.05) is 19.2 Å². The van der Waals surface area contributed by atoms with Gasteiger partial charge in [-0.05, 0) is 35.4 Å². The molecular weight excluding hydrogens is 301 g/mol. The van der Waals surface area contributed by atoms with Crippen LogP contribution in [0.5, 0.6) is 17.2 Å². The van der Waals surface area contributed by atoms with E-state index in [4.69, 9.17) is 14.2 Å². The van der Waals surface area contributed by atoms with Crippen LogP contribution in [0, 0.1) is 5.82 Å². The number of benzene rings is 2. The molecule has 0 fully saturated rings. The third kappa shape index (κ3) is 2.27. The van der Waals surface area contributed by atoms with Crippen LogP contribution in [0.2, 0.25) is 0 Å². The van der Waals surface area contributed by atoms with Crippen LogP contribution in [-0.4, -0.2) is 19.8 Å². The Labute approximate surface area is 132 Å². The Balaban J connectivity index is 1.86. The van der Waals surface area contributed by atoms with E-state index in [1.54, 1.807) is 24.3 Å². The molecule has 118 valence electrons. The lowest BCUT2D eigenvalue weighted by atomic mass is 9.84. The maximum absolute atomic E-state index is 14.3. The molecule has 1 atom stereocenters. The van der Waals surface area contributed by atoms with Gasteiger partial charge in [-0.3, -0.25) is 4.79 Å². The summed E-state index contributed by atoms with van der Waals surface area (Å²) < 4.78 is 30.3. The number of nitrogens with one attached hydrogen (secondary N) is 1. The van der Waals surface area contributed by atoms with Gasteiger partial charge in [0.15, 0.2) is 11.5 Å². The van der Waals surface area contributed by atoms with E-state index in [0.29, 0.717) is 28.5 Å². The van der Waals surface area contributed by atoms with Crippen LogP contribution in [0.3, 0.4) is 0 Å². The van der Waals surface area contributed by atoms with E-state index in [1.807, 2.05) is 0 Å². The Hall–Kier alpha value is -2.76.